The van der Waals surface area contributed by atoms with Gasteiger partial charge in [-0.3, -0.25) is 9.48 Å². The number of fused-ring (bicyclic) bond motifs is 3. The Kier molecular flexibility index (Phi) is 5.45. The summed E-state index contributed by atoms with van der Waals surface area (Å²) < 4.78 is 2.04. The molecule has 2 atom stereocenters. The molecule has 2 heterocycles. The average Bonchev–Trinajstić information content (AvgIpc) is 3.49. The normalized spacial score (nSPS) is 21.0. The Morgan fingerprint density at radius 2 is 1.92 bits per heavy atom. The van der Waals surface area contributed by atoms with Crippen molar-refractivity contribution >= 4 is 22.5 Å². The maximum Gasteiger partial charge on any atom is 0.238 e. The second-order valence-corrected chi connectivity index (χ2v) is 9.70. The molecule has 1 aromatic heterocycles. The number of amides is 1. The summed E-state index contributed by atoms with van der Waals surface area (Å²) in [5.74, 6) is 0.387. The number of rotatable bonds is 7. The smallest absolute Gasteiger partial charge is 0.238 e. The summed E-state index contributed by atoms with van der Waals surface area (Å²) in [6.07, 6.45) is 10.7. The van der Waals surface area contributed by atoms with Crippen LogP contribution in [0.2, 0.25) is 0 Å². The number of hydrogen-bond acceptors (Lipinski definition) is 2. The first-order chi connectivity index (χ1) is 17.7. The van der Waals surface area contributed by atoms with Crippen LogP contribution in [0.25, 0.3) is 10.9 Å². The Morgan fingerprint density at radius 1 is 1.11 bits per heavy atom. The molecule has 1 aliphatic carbocycles. The highest BCUT2D eigenvalue weighted by molar-refractivity contribution is 6.11. The fourth-order valence-corrected chi connectivity index (χ4v) is 5.71. The number of nitrogens with zero attached hydrogens (tertiary/aromatic N) is 3. The van der Waals surface area contributed by atoms with Gasteiger partial charge < -0.3 is 4.90 Å². The van der Waals surface area contributed by atoms with Gasteiger partial charge in [0, 0.05) is 17.0 Å². The topological polar surface area (TPSA) is 38.1 Å². The van der Waals surface area contributed by atoms with E-state index >= 15 is 0 Å². The average molecular weight is 472 g/mol. The molecule has 1 spiro atoms. The minimum atomic E-state index is -0.467. The standard InChI is InChI=1S/C32H29N3O/c1-3-5-11-23(4-2)22-35-30-18-25(16-17-26(30)20-33-35)28-19-32(28)27-14-9-10-15-29(27)34(31(32)36)21-24-12-7-6-8-13-24/h3-18,20,28H,1,19,21-22H2,2H3. The van der Waals surface area contributed by atoms with Crippen LogP contribution in [0.1, 0.15) is 36.0 Å². The quantitative estimate of drug-likeness (QED) is 0.281. The van der Waals surface area contributed by atoms with Crippen LogP contribution in [0.15, 0.2) is 115 Å². The van der Waals surface area contributed by atoms with E-state index in [1.807, 2.05) is 53.0 Å². The van der Waals surface area contributed by atoms with Crippen molar-refractivity contribution in [3.05, 3.63) is 132 Å². The van der Waals surface area contributed by atoms with Gasteiger partial charge in [0.2, 0.25) is 5.91 Å². The number of aromatic nitrogens is 2. The monoisotopic (exact) mass is 471 g/mol. The molecule has 2 aliphatic rings. The third-order valence-electron chi connectivity index (χ3n) is 7.67. The van der Waals surface area contributed by atoms with Crippen LogP contribution in [0.5, 0.6) is 0 Å². The lowest BCUT2D eigenvalue weighted by atomic mass is 9.92. The number of para-hydroxylation sites is 1. The van der Waals surface area contributed by atoms with Crippen LogP contribution in [0.3, 0.4) is 0 Å². The number of carbonyl (C=O) groups is 1. The van der Waals surface area contributed by atoms with E-state index in [4.69, 9.17) is 0 Å². The fourth-order valence-electron chi connectivity index (χ4n) is 5.71. The SMILES string of the molecule is C=CC=CC(=CC)Cn1ncc2ccc(C3CC34C(=O)N(Cc3ccccc3)c3ccccc34)cc21. The summed E-state index contributed by atoms with van der Waals surface area (Å²) in [7, 11) is 0. The molecule has 0 saturated heterocycles. The largest absolute Gasteiger partial charge is 0.307 e. The molecule has 1 aliphatic heterocycles. The van der Waals surface area contributed by atoms with Gasteiger partial charge in [0.25, 0.3) is 0 Å². The number of carbonyl (C=O) groups excluding carboxylic acids is 1. The lowest BCUT2D eigenvalue weighted by Gasteiger charge is -2.18. The summed E-state index contributed by atoms with van der Waals surface area (Å²) >= 11 is 0. The molecule has 1 amide bonds. The molecule has 1 fully saturated rings. The Labute approximate surface area is 211 Å². The molecule has 0 N–H and O–H groups in total. The lowest BCUT2D eigenvalue weighted by molar-refractivity contribution is -0.120. The van der Waals surface area contributed by atoms with E-state index in [0.29, 0.717) is 13.1 Å². The maximum absolute atomic E-state index is 14.0. The summed E-state index contributed by atoms with van der Waals surface area (Å²) in [4.78, 5) is 16.0. The molecule has 3 aromatic carbocycles. The van der Waals surface area contributed by atoms with Crippen LogP contribution in [0.4, 0.5) is 5.69 Å². The molecule has 0 radical (unpaired) electrons. The third-order valence-corrected chi connectivity index (χ3v) is 7.67. The molecule has 2 unspecified atom stereocenters. The first-order valence-corrected chi connectivity index (χ1v) is 12.5. The molecule has 1 saturated carbocycles. The second-order valence-electron chi connectivity index (χ2n) is 9.70. The highest BCUT2D eigenvalue weighted by atomic mass is 16.2. The van der Waals surface area contributed by atoms with Gasteiger partial charge >= 0.3 is 0 Å². The molecule has 0 bridgehead atoms. The van der Waals surface area contributed by atoms with Gasteiger partial charge in [-0.2, -0.15) is 5.10 Å². The zero-order chi connectivity index (χ0) is 24.7. The van der Waals surface area contributed by atoms with E-state index in [1.54, 1.807) is 6.08 Å². The predicted molar refractivity (Wildman–Crippen MR) is 146 cm³/mol. The fraction of sp³-hybridized carbons (Fsp3) is 0.188. The van der Waals surface area contributed by atoms with Crippen LogP contribution >= 0.6 is 0 Å². The molecule has 178 valence electrons. The second kappa shape index (κ2) is 8.80. The van der Waals surface area contributed by atoms with Crippen molar-refractivity contribution in [3.63, 3.8) is 0 Å². The molecule has 4 aromatic rings. The Hall–Kier alpha value is -4.18. The highest BCUT2D eigenvalue weighted by Crippen LogP contribution is 2.66. The van der Waals surface area contributed by atoms with Gasteiger partial charge in [0.15, 0.2) is 0 Å². The van der Waals surface area contributed by atoms with Gasteiger partial charge in [-0.15, -0.1) is 0 Å². The molecule has 4 nitrogen and oxygen atoms in total. The van der Waals surface area contributed by atoms with E-state index in [-0.39, 0.29) is 11.8 Å². The van der Waals surface area contributed by atoms with Gasteiger partial charge in [0.05, 0.1) is 30.2 Å². The Balaban J connectivity index is 1.34. The van der Waals surface area contributed by atoms with Gasteiger partial charge in [-0.25, -0.2) is 0 Å². The van der Waals surface area contributed by atoms with Gasteiger partial charge in [-0.05, 0) is 47.7 Å². The summed E-state index contributed by atoms with van der Waals surface area (Å²) in [6, 6.07) is 25.1. The first-order valence-electron chi connectivity index (χ1n) is 12.5. The minimum Gasteiger partial charge on any atom is -0.307 e. The van der Waals surface area contributed by atoms with Crippen molar-refractivity contribution in [1.29, 1.82) is 0 Å². The van der Waals surface area contributed by atoms with E-state index < -0.39 is 5.41 Å². The van der Waals surface area contributed by atoms with E-state index in [2.05, 4.69) is 72.4 Å². The van der Waals surface area contributed by atoms with Gasteiger partial charge in [0.1, 0.15) is 0 Å². The van der Waals surface area contributed by atoms with E-state index in [1.165, 1.54) is 11.1 Å². The zero-order valence-corrected chi connectivity index (χ0v) is 20.5. The Bertz CT molecular complexity index is 1530. The van der Waals surface area contributed by atoms with Crippen LogP contribution in [0, 0.1) is 0 Å². The molecule has 6 rings (SSSR count). The van der Waals surface area contributed by atoms with Crippen LogP contribution < -0.4 is 4.90 Å². The zero-order valence-electron chi connectivity index (χ0n) is 20.5. The molecular formula is C32H29N3O. The van der Waals surface area contributed by atoms with Gasteiger partial charge in [-0.1, -0.05) is 91.5 Å². The highest BCUT2D eigenvalue weighted by Gasteiger charge is 2.67. The third kappa shape index (κ3) is 3.53. The summed E-state index contributed by atoms with van der Waals surface area (Å²) in [5, 5.41) is 5.76. The first kappa shape index (κ1) is 22.3. The lowest BCUT2D eigenvalue weighted by Crippen LogP contribution is -2.32. The minimum absolute atomic E-state index is 0.168. The molecular weight excluding hydrogens is 442 g/mol. The maximum atomic E-state index is 14.0. The van der Waals surface area contributed by atoms with Crippen molar-refractivity contribution in [2.75, 3.05) is 4.90 Å². The van der Waals surface area contributed by atoms with Crippen molar-refractivity contribution in [3.8, 4) is 0 Å². The van der Waals surface area contributed by atoms with Crippen LogP contribution in [-0.4, -0.2) is 15.7 Å². The van der Waals surface area contributed by atoms with Crippen LogP contribution in [-0.2, 0) is 23.3 Å². The number of hydrogen-bond donors (Lipinski definition) is 0. The number of allylic oxidation sites excluding steroid dienone is 5. The van der Waals surface area contributed by atoms with E-state index in [9.17, 15) is 4.79 Å². The summed E-state index contributed by atoms with van der Waals surface area (Å²) in [6.45, 7) is 7.10. The summed E-state index contributed by atoms with van der Waals surface area (Å²) in [5.41, 5.74) is 6.36. The Morgan fingerprint density at radius 3 is 2.72 bits per heavy atom. The van der Waals surface area contributed by atoms with Crippen molar-refractivity contribution in [2.45, 2.75) is 37.8 Å². The molecule has 4 heteroatoms. The van der Waals surface area contributed by atoms with Crippen molar-refractivity contribution < 1.29 is 4.79 Å². The number of anilines is 1. The number of benzene rings is 3. The molecule has 36 heavy (non-hydrogen) atoms. The van der Waals surface area contributed by atoms with Crippen molar-refractivity contribution in [2.24, 2.45) is 0 Å². The predicted octanol–water partition coefficient (Wildman–Crippen LogP) is 6.70. The van der Waals surface area contributed by atoms with Crippen molar-refractivity contribution in [1.82, 2.24) is 9.78 Å². The van der Waals surface area contributed by atoms with E-state index in [0.717, 1.165) is 34.1 Å².